The Morgan fingerprint density at radius 2 is 2.11 bits per heavy atom. The number of aromatic nitrogens is 1. The molecule has 19 heavy (non-hydrogen) atoms. The smallest absolute Gasteiger partial charge is 0.416 e. The molecular formula is C12H10ClF3N2O. The van der Waals surface area contributed by atoms with E-state index in [0.29, 0.717) is 12.3 Å². The highest BCUT2D eigenvalue weighted by molar-refractivity contribution is 6.29. The van der Waals surface area contributed by atoms with Crippen LogP contribution in [0, 0.1) is 0 Å². The van der Waals surface area contributed by atoms with Crippen molar-refractivity contribution in [2.24, 2.45) is 0 Å². The molecule has 0 saturated heterocycles. The van der Waals surface area contributed by atoms with Crippen molar-refractivity contribution in [3.05, 3.63) is 47.0 Å². The van der Waals surface area contributed by atoms with E-state index in [0.717, 1.165) is 12.1 Å². The van der Waals surface area contributed by atoms with Crippen molar-refractivity contribution in [2.75, 3.05) is 11.9 Å². The molecule has 7 heteroatoms. The molecule has 0 saturated carbocycles. The molecule has 102 valence electrons. The molecule has 2 heterocycles. The fourth-order valence-corrected chi connectivity index (χ4v) is 1.76. The van der Waals surface area contributed by atoms with E-state index in [9.17, 15) is 13.2 Å². The zero-order valence-corrected chi connectivity index (χ0v) is 10.7. The molecule has 0 spiro atoms. The van der Waals surface area contributed by atoms with E-state index in [4.69, 9.17) is 16.0 Å². The van der Waals surface area contributed by atoms with Gasteiger partial charge in [-0.2, -0.15) is 13.2 Å². The van der Waals surface area contributed by atoms with Crippen LogP contribution in [-0.4, -0.2) is 12.0 Å². The normalized spacial score (nSPS) is 11.6. The number of furan rings is 1. The molecule has 0 radical (unpaired) electrons. The largest absolute Gasteiger partial charge is 0.467 e. The van der Waals surface area contributed by atoms with Crippen molar-refractivity contribution >= 4 is 17.4 Å². The van der Waals surface area contributed by atoms with Gasteiger partial charge in [0.25, 0.3) is 0 Å². The number of rotatable bonds is 3. The van der Waals surface area contributed by atoms with Crippen molar-refractivity contribution in [1.29, 1.82) is 0 Å². The number of alkyl halides is 3. The van der Waals surface area contributed by atoms with E-state index in [1.165, 1.54) is 11.2 Å². The zero-order chi connectivity index (χ0) is 14.0. The molecule has 0 bridgehead atoms. The quantitative estimate of drug-likeness (QED) is 0.801. The SMILES string of the molecule is CN(Cc1ccco1)c1cc(C(F)(F)F)cc(Cl)n1. The highest BCUT2D eigenvalue weighted by atomic mass is 35.5. The summed E-state index contributed by atoms with van der Waals surface area (Å²) >= 11 is 5.62. The first-order valence-corrected chi connectivity index (χ1v) is 5.72. The number of hydrogen-bond acceptors (Lipinski definition) is 3. The van der Waals surface area contributed by atoms with E-state index in [-0.39, 0.29) is 11.0 Å². The van der Waals surface area contributed by atoms with Crippen molar-refractivity contribution in [2.45, 2.75) is 12.7 Å². The summed E-state index contributed by atoms with van der Waals surface area (Å²) in [4.78, 5) is 5.41. The molecule has 2 aromatic rings. The van der Waals surface area contributed by atoms with E-state index in [1.54, 1.807) is 19.2 Å². The first kappa shape index (κ1) is 13.7. The van der Waals surface area contributed by atoms with Gasteiger partial charge in [0.15, 0.2) is 0 Å². The minimum absolute atomic E-state index is 0.135. The van der Waals surface area contributed by atoms with Gasteiger partial charge in [0.1, 0.15) is 16.7 Å². The van der Waals surface area contributed by atoms with Gasteiger partial charge in [-0.3, -0.25) is 0 Å². The van der Waals surface area contributed by atoms with Gasteiger partial charge in [0.05, 0.1) is 18.4 Å². The van der Waals surface area contributed by atoms with Crippen LogP contribution in [0.4, 0.5) is 19.0 Å². The summed E-state index contributed by atoms with van der Waals surface area (Å²) in [5, 5.41) is -0.198. The molecule has 0 aliphatic carbocycles. The molecule has 0 unspecified atom stereocenters. The maximum Gasteiger partial charge on any atom is 0.416 e. The predicted molar refractivity (Wildman–Crippen MR) is 65.1 cm³/mol. The summed E-state index contributed by atoms with van der Waals surface area (Å²) in [6.07, 6.45) is -2.96. The van der Waals surface area contributed by atoms with Gasteiger partial charge in [-0.25, -0.2) is 4.98 Å². The Hall–Kier alpha value is -1.69. The van der Waals surface area contributed by atoms with Crippen LogP contribution in [0.1, 0.15) is 11.3 Å². The standard InChI is InChI=1S/C12H10ClF3N2O/c1-18(7-9-3-2-4-19-9)11-6-8(12(14,15)16)5-10(13)17-11/h2-6H,7H2,1H3. The second-order valence-corrected chi connectivity index (χ2v) is 4.36. The van der Waals surface area contributed by atoms with Crippen molar-refractivity contribution < 1.29 is 17.6 Å². The Balaban J connectivity index is 2.26. The van der Waals surface area contributed by atoms with E-state index < -0.39 is 11.7 Å². The summed E-state index contributed by atoms with van der Waals surface area (Å²) in [6, 6.07) is 5.18. The topological polar surface area (TPSA) is 29.3 Å². The molecule has 0 N–H and O–H groups in total. The Bertz CT molecular complexity index is 555. The second kappa shape index (κ2) is 5.13. The van der Waals surface area contributed by atoms with Crippen LogP contribution in [0.15, 0.2) is 34.9 Å². The van der Waals surface area contributed by atoms with Gasteiger partial charge in [0.2, 0.25) is 0 Å². The molecule has 0 aromatic carbocycles. The number of halogens is 4. The molecule has 0 atom stereocenters. The van der Waals surface area contributed by atoms with Crippen molar-refractivity contribution in [3.63, 3.8) is 0 Å². The van der Waals surface area contributed by atoms with Gasteiger partial charge in [-0.1, -0.05) is 11.6 Å². The first-order chi connectivity index (χ1) is 8.86. The maximum atomic E-state index is 12.7. The van der Waals surface area contributed by atoms with Gasteiger partial charge in [-0.15, -0.1) is 0 Å². The lowest BCUT2D eigenvalue weighted by Crippen LogP contribution is -2.18. The summed E-state index contributed by atoms with van der Waals surface area (Å²) in [5.74, 6) is 0.758. The predicted octanol–water partition coefficient (Wildman–Crippen LogP) is 3.98. The lowest BCUT2D eigenvalue weighted by Gasteiger charge is -2.18. The lowest BCUT2D eigenvalue weighted by molar-refractivity contribution is -0.137. The van der Waals surface area contributed by atoms with Crippen LogP contribution in [0.5, 0.6) is 0 Å². The number of nitrogens with zero attached hydrogens (tertiary/aromatic N) is 2. The Morgan fingerprint density at radius 1 is 1.37 bits per heavy atom. The fourth-order valence-electron chi connectivity index (χ4n) is 1.56. The van der Waals surface area contributed by atoms with Gasteiger partial charge in [-0.05, 0) is 24.3 Å². The molecular weight excluding hydrogens is 281 g/mol. The summed E-state index contributed by atoms with van der Waals surface area (Å²) in [6.45, 7) is 0.303. The van der Waals surface area contributed by atoms with Crippen LogP contribution < -0.4 is 4.90 Å². The molecule has 0 amide bonds. The maximum absolute atomic E-state index is 12.7. The van der Waals surface area contributed by atoms with Gasteiger partial charge >= 0.3 is 6.18 Å². The monoisotopic (exact) mass is 290 g/mol. The van der Waals surface area contributed by atoms with Crippen LogP contribution in [0.2, 0.25) is 5.15 Å². The third-order valence-corrected chi connectivity index (χ3v) is 2.67. The fraction of sp³-hybridized carbons (Fsp3) is 0.250. The third-order valence-electron chi connectivity index (χ3n) is 2.47. The molecule has 2 aromatic heterocycles. The zero-order valence-electron chi connectivity index (χ0n) is 9.91. The number of pyridine rings is 1. The Kier molecular flexibility index (Phi) is 3.71. The molecule has 0 aliphatic rings. The van der Waals surface area contributed by atoms with Gasteiger partial charge in [0, 0.05) is 7.05 Å². The van der Waals surface area contributed by atoms with Crippen LogP contribution >= 0.6 is 11.6 Å². The average Bonchev–Trinajstić information content (AvgIpc) is 2.79. The third kappa shape index (κ3) is 3.41. The molecule has 3 nitrogen and oxygen atoms in total. The van der Waals surface area contributed by atoms with E-state index in [1.807, 2.05) is 0 Å². The minimum atomic E-state index is -4.45. The minimum Gasteiger partial charge on any atom is -0.467 e. The summed E-state index contributed by atoms with van der Waals surface area (Å²) < 4.78 is 43.1. The highest BCUT2D eigenvalue weighted by Crippen LogP contribution is 2.32. The summed E-state index contributed by atoms with van der Waals surface area (Å²) in [7, 11) is 1.61. The van der Waals surface area contributed by atoms with E-state index >= 15 is 0 Å². The Labute approximate surface area is 112 Å². The lowest BCUT2D eigenvalue weighted by atomic mass is 10.2. The molecule has 0 aliphatic heterocycles. The van der Waals surface area contributed by atoms with Crippen LogP contribution in [0.25, 0.3) is 0 Å². The second-order valence-electron chi connectivity index (χ2n) is 3.97. The van der Waals surface area contributed by atoms with E-state index in [2.05, 4.69) is 4.98 Å². The first-order valence-electron chi connectivity index (χ1n) is 5.34. The average molecular weight is 291 g/mol. The number of anilines is 1. The van der Waals surface area contributed by atoms with Crippen molar-refractivity contribution in [3.8, 4) is 0 Å². The number of hydrogen-bond donors (Lipinski definition) is 0. The highest BCUT2D eigenvalue weighted by Gasteiger charge is 2.31. The van der Waals surface area contributed by atoms with Gasteiger partial charge < -0.3 is 9.32 Å². The Morgan fingerprint density at radius 3 is 2.68 bits per heavy atom. The molecule has 0 fully saturated rings. The molecule has 2 rings (SSSR count). The van der Waals surface area contributed by atoms with Crippen LogP contribution in [0.3, 0.4) is 0 Å². The van der Waals surface area contributed by atoms with Crippen molar-refractivity contribution in [1.82, 2.24) is 4.98 Å². The summed E-state index contributed by atoms with van der Waals surface area (Å²) in [5.41, 5.74) is -0.825. The van der Waals surface area contributed by atoms with Crippen LogP contribution in [-0.2, 0) is 12.7 Å².